The number of halogens is 2. The van der Waals surface area contributed by atoms with Crippen LogP contribution in [-0.4, -0.2) is 4.98 Å². The van der Waals surface area contributed by atoms with E-state index in [1.807, 2.05) is 60.7 Å². The normalized spacial score (nSPS) is 10.3. The molecule has 3 nitrogen and oxygen atoms in total. The van der Waals surface area contributed by atoms with Crippen LogP contribution in [-0.2, 0) is 6.54 Å². The van der Waals surface area contributed by atoms with Crippen molar-refractivity contribution in [1.82, 2.24) is 4.98 Å². The molecule has 5 heteroatoms. The lowest BCUT2D eigenvalue weighted by atomic mass is 10.2. The molecule has 0 atom stereocenters. The Bertz CT molecular complexity index is 743. The van der Waals surface area contributed by atoms with Crippen molar-refractivity contribution in [3.05, 3.63) is 88.7 Å². The van der Waals surface area contributed by atoms with Gasteiger partial charge in [-0.15, -0.1) is 0 Å². The van der Waals surface area contributed by atoms with Crippen LogP contribution in [0.1, 0.15) is 5.56 Å². The summed E-state index contributed by atoms with van der Waals surface area (Å²) in [6.07, 6.45) is 3.58. The molecule has 1 N–H and O–H groups in total. The maximum Gasteiger partial charge on any atom is 0.0645 e. The van der Waals surface area contributed by atoms with Crippen molar-refractivity contribution >= 4 is 34.6 Å². The van der Waals surface area contributed by atoms with Crippen LogP contribution in [0.2, 0.25) is 10.0 Å². The monoisotopic (exact) mass is 343 g/mol. The maximum absolute atomic E-state index is 5.99. The number of aromatic nitrogens is 1. The fourth-order valence-electron chi connectivity index (χ4n) is 2.17. The second kappa shape index (κ2) is 7.36. The molecular formula is C18H15Cl2N3. The summed E-state index contributed by atoms with van der Waals surface area (Å²) in [4.78, 5) is 4.06. The molecule has 0 aliphatic heterocycles. The number of hydrogen-bond donors (Lipinski definition) is 1. The summed E-state index contributed by atoms with van der Waals surface area (Å²) in [7, 11) is 0. The number of hydrazine groups is 1. The Morgan fingerprint density at radius 1 is 0.783 bits per heavy atom. The quantitative estimate of drug-likeness (QED) is 0.626. The van der Waals surface area contributed by atoms with Crippen molar-refractivity contribution in [2.24, 2.45) is 0 Å². The second-order valence-corrected chi connectivity index (χ2v) is 5.91. The number of anilines is 2. The fourth-order valence-corrected chi connectivity index (χ4v) is 2.42. The van der Waals surface area contributed by atoms with Gasteiger partial charge in [-0.3, -0.25) is 15.4 Å². The molecule has 0 unspecified atom stereocenters. The van der Waals surface area contributed by atoms with E-state index in [4.69, 9.17) is 23.2 Å². The molecule has 0 bridgehead atoms. The van der Waals surface area contributed by atoms with Crippen LogP contribution in [0.5, 0.6) is 0 Å². The minimum absolute atomic E-state index is 0.687. The van der Waals surface area contributed by atoms with Gasteiger partial charge >= 0.3 is 0 Å². The first-order chi connectivity index (χ1) is 11.2. The second-order valence-electron chi connectivity index (χ2n) is 5.04. The zero-order chi connectivity index (χ0) is 16.1. The van der Waals surface area contributed by atoms with Crippen molar-refractivity contribution in [2.75, 3.05) is 10.4 Å². The molecule has 116 valence electrons. The molecule has 3 rings (SSSR count). The number of nitrogens with one attached hydrogen (secondary N) is 1. The molecule has 2 aromatic carbocycles. The van der Waals surface area contributed by atoms with Gasteiger partial charge in [0, 0.05) is 22.4 Å². The first kappa shape index (κ1) is 15.7. The molecule has 0 spiro atoms. The Morgan fingerprint density at radius 3 is 1.96 bits per heavy atom. The van der Waals surface area contributed by atoms with Gasteiger partial charge in [-0.25, -0.2) is 0 Å². The summed E-state index contributed by atoms with van der Waals surface area (Å²) in [5, 5.41) is 3.47. The summed E-state index contributed by atoms with van der Waals surface area (Å²) < 4.78 is 0. The van der Waals surface area contributed by atoms with E-state index in [1.165, 1.54) is 0 Å². The molecule has 0 fully saturated rings. The predicted octanol–water partition coefficient (Wildman–Crippen LogP) is 5.42. The van der Waals surface area contributed by atoms with Crippen LogP contribution in [0.15, 0.2) is 73.1 Å². The summed E-state index contributed by atoms with van der Waals surface area (Å²) in [6, 6.07) is 19.3. The topological polar surface area (TPSA) is 28.2 Å². The highest BCUT2D eigenvalue weighted by Crippen LogP contribution is 2.22. The molecule has 0 aliphatic rings. The van der Waals surface area contributed by atoms with E-state index < -0.39 is 0 Å². The van der Waals surface area contributed by atoms with Crippen LogP contribution in [0, 0.1) is 0 Å². The van der Waals surface area contributed by atoms with Gasteiger partial charge in [-0.05, 0) is 66.2 Å². The lowest BCUT2D eigenvalue weighted by Gasteiger charge is -2.27. The van der Waals surface area contributed by atoms with E-state index in [9.17, 15) is 0 Å². The molecule has 0 aliphatic carbocycles. The Balaban J connectivity index is 1.86. The van der Waals surface area contributed by atoms with Gasteiger partial charge in [0.15, 0.2) is 0 Å². The number of rotatable bonds is 5. The minimum atomic E-state index is 0.687. The van der Waals surface area contributed by atoms with Crippen LogP contribution in [0.25, 0.3) is 0 Å². The average Bonchev–Trinajstić information content (AvgIpc) is 2.58. The van der Waals surface area contributed by atoms with Crippen LogP contribution < -0.4 is 10.4 Å². The van der Waals surface area contributed by atoms with Crippen molar-refractivity contribution in [3.8, 4) is 0 Å². The summed E-state index contributed by atoms with van der Waals surface area (Å²) in [6.45, 7) is 0.687. The van der Waals surface area contributed by atoms with Gasteiger partial charge in [-0.2, -0.15) is 0 Å². The summed E-state index contributed by atoms with van der Waals surface area (Å²) in [5.74, 6) is 0. The zero-order valence-corrected chi connectivity index (χ0v) is 13.8. The maximum atomic E-state index is 5.99. The zero-order valence-electron chi connectivity index (χ0n) is 12.3. The van der Waals surface area contributed by atoms with E-state index in [0.29, 0.717) is 16.6 Å². The standard InChI is InChI=1S/C18H15Cl2N3/c19-15-1-5-17(6-2-15)22-23(13-14-9-11-21-12-10-14)18-7-3-16(20)4-8-18/h1-12,22H,13H2. The minimum Gasteiger partial charge on any atom is -0.298 e. The van der Waals surface area contributed by atoms with E-state index in [1.54, 1.807) is 12.4 Å². The largest absolute Gasteiger partial charge is 0.298 e. The highest BCUT2D eigenvalue weighted by atomic mass is 35.5. The predicted molar refractivity (Wildman–Crippen MR) is 96.9 cm³/mol. The van der Waals surface area contributed by atoms with Crippen LogP contribution in [0.3, 0.4) is 0 Å². The third-order valence-electron chi connectivity index (χ3n) is 3.34. The Labute approximate surface area is 145 Å². The molecule has 23 heavy (non-hydrogen) atoms. The molecule has 0 saturated carbocycles. The number of benzene rings is 2. The Morgan fingerprint density at radius 2 is 1.35 bits per heavy atom. The smallest absolute Gasteiger partial charge is 0.0645 e. The lowest BCUT2D eigenvalue weighted by molar-refractivity contribution is 0.903. The van der Waals surface area contributed by atoms with E-state index >= 15 is 0 Å². The third-order valence-corrected chi connectivity index (χ3v) is 3.84. The molecule has 0 amide bonds. The van der Waals surface area contributed by atoms with Crippen molar-refractivity contribution in [2.45, 2.75) is 6.54 Å². The summed E-state index contributed by atoms with van der Waals surface area (Å²) in [5.41, 5.74) is 6.52. The van der Waals surface area contributed by atoms with E-state index in [-0.39, 0.29) is 0 Å². The van der Waals surface area contributed by atoms with Crippen molar-refractivity contribution in [1.29, 1.82) is 0 Å². The first-order valence-corrected chi connectivity index (χ1v) is 7.90. The Hall–Kier alpha value is -2.23. The average molecular weight is 344 g/mol. The number of pyridine rings is 1. The number of nitrogens with zero attached hydrogens (tertiary/aromatic N) is 2. The molecule has 0 radical (unpaired) electrons. The lowest BCUT2D eigenvalue weighted by Crippen LogP contribution is -2.29. The highest BCUT2D eigenvalue weighted by molar-refractivity contribution is 6.30. The molecule has 3 aromatic rings. The van der Waals surface area contributed by atoms with Crippen LogP contribution in [0.4, 0.5) is 11.4 Å². The Kier molecular flexibility index (Phi) is 5.01. The third kappa shape index (κ3) is 4.38. The molecule has 1 aromatic heterocycles. The van der Waals surface area contributed by atoms with E-state index in [0.717, 1.165) is 16.9 Å². The molecule has 1 heterocycles. The van der Waals surface area contributed by atoms with Gasteiger partial charge < -0.3 is 0 Å². The summed E-state index contributed by atoms with van der Waals surface area (Å²) >= 11 is 11.9. The number of hydrogen-bond acceptors (Lipinski definition) is 3. The van der Waals surface area contributed by atoms with Gasteiger partial charge in [0.05, 0.1) is 17.9 Å². The van der Waals surface area contributed by atoms with E-state index in [2.05, 4.69) is 15.4 Å². The van der Waals surface area contributed by atoms with Gasteiger partial charge in [0.1, 0.15) is 0 Å². The van der Waals surface area contributed by atoms with Crippen molar-refractivity contribution in [3.63, 3.8) is 0 Å². The highest BCUT2D eigenvalue weighted by Gasteiger charge is 2.08. The van der Waals surface area contributed by atoms with Gasteiger partial charge in [0.25, 0.3) is 0 Å². The first-order valence-electron chi connectivity index (χ1n) is 7.15. The van der Waals surface area contributed by atoms with Crippen molar-refractivity contribution < 1.29 is 0 Å². The molecule has 0 saturated heterocycles. The van der Waals surface area contributed by atoms with Gasteiger partial charge in [-0.1, -0.05) is 23.2 Å². The molecular weight excluding hydrogens is 329 g/mol. The fraction of sp³-hybridized carbons (Fsp3) is 0.0556. The van der Waals surface area contributed by atoms with Gasteiger partial charge in [0.2, 0.25) is 0 Å². The van der Waals surface area contributed by atoms with Crippen LogP contribution >= 0.6 is 23.2 Å². The SMILES string of the molecule is Clc1ccc(NN(Cc2ccncc2)c2ccc(Cl)cc2)cc1.